The molecule has 0 saturated carbocycles. The highest BCUT2D eigenvalue weighted by atomic mass is 32.1. The molecule has 152 valence electrons. The third-order valence-electron chi connectivity index (χ3n) is 5.03. The number of fused-ring (bicyclic) bond motifs is 2. The summed E-state index contributed by atoms with van der Waals surface area (Å²) in [6.45, 7) is 5.73. The standard InChI is InChI=1S/C22H25N3O3S/c1-14-5-6-15(2)21-20(14)23-22(29-21)25(10-9-24(3)4)19(26)12-16-7-8-17-18(11-16)28-13-27-17/h5-8,11H,9-10,12-13H2,1-4H3. The fourth-order valence-electron chi connectivity index (χ4n) is 3.31. The monoisotopic (exact) mass is 411 g/mol. The molecule has 0 fully saturated rings. The summed E-state index contributed by atoms with van der Waals surface area (Å²) in [4.78, 5) is 22.0. The van der Waals surface area contributed by atoms with Crippen LogP contribution < -0.4 is 14.4 Å². The average Bonchev–Trinajstić information content (AvgIpc) is 3.32. The lowest BCUT2D eigenvalue weighted by Crippen LogP contribution is -2.37. The number of likely N-dealkylation sites (N-methyl/N-ethyl adjacent to an activating group) is 1. The molecule has 1 aromatic heterocycles. The normalized spacial score (nSPS) is 12.7. The Morgan fingerprint density at radius 2 is 1.83 bits per heavy atom. The van der Waals surface area contributed by atoms with Gasteiger partial charge in [-0.1, -0.05) is 29.5 Å². The van der Waals surface area contributed by atoms with Gasteiger partial charge in [0.15, 0.2) is 16.6 Å². The van der Waals surface area contributed by atoms with Gasteiger partial charge in [0.05, 0.1) is 16.6 Å². The molecule has 29 heavy (non-hydrogen) atoms. The molecule has 0 unspecified atom stereocenters. The van der Waals surface area contributed by atoms with Crippen LogP contribution in [0.15, 0.2) is 30.3 Å². The predicted molar refractivity (Wildman–Crippen MR) is 116 cm³/mol. The second-order valence-corrected chi connectivity index (χ2v) is 8.56. The highest BCUT2D eigenvalue weighted by Crippen LogP contribution is 2.35. The van der Waals surface area contributed by atoms with E-state index in [1.165, 1.54) is 5.56 Å². The summed E-state index contributed by atoms with van der Waals surface area (Å²) in [5, 5.41) is 0.755. The number of thiazole rings is 1. The van der Waals surface area contributed by atoms with E-state index >= 15 is 0 Å². The largest absolute Gasteiger partial charge is 0.454 e. The molecule has 0 spiro atoms. The zero-order chi connectivity index (χ0) is 20.5. The van der Waals surface area contributed by atoms with Gasteiger partial charge in [-0.3, -0.25) is 9.69 Å². The van der Waals surface area contributed by atoms with E-state index in [2.05, 4.69) is 30.9 Å². The molecule has 0 aliphatic carbocycles. The summed E-state index contributed by atoms with van der Waals surface area (Å²) in [5.74, 6) is 1.45. The van der Waals surface area contributed by atoms with Gasteiger partial charge in [-0.2, -0.15) is 0 Å². The summed E-state index contributed by atoms with van der Waals surface area (Å²) >= 11 is 1.59. The van der Waals surface area contributed by atoms with Gasteiger partial charge in [0.2, 0.25) is 12.7 Å². The Labute approximate surface area is 174 Å². The third kappa shape index (κ3) is 4.06. The van der Waals surface area contributed by atoms with Gasteiger partial charge in [-0.05, 0) is 56.8 Å². The Hall–Kier alpha value is -2.64. The van der Waals surface area contributed by atoms with Gasteiger partial charge >= 0.3 is 0 Å². The predicted octanol–water partition coefficient (Wildman–Crippen LogP) is 3.78. The lowest BCUT2D eigenvalue weighted by Gasteiger charge is -2.22. The number of aromatic nitrogens is 1. The number of anilines is 1. The molecule has 1 amide bonds. The molecule has 7 heteroatoms. The summed E-state index contributed by atoms with van der Waals surface area (Å²) in [7, 11) is 4.01. The van der Waals surface area contributed by atoms with Crippen LogP contribution in [0.5, 0.6) is 11.5 Å². The van der Waals surface area contributed by atoms with E-state index in [0.29, 0.717) is 12.3 Å². The molecule has 4 rings (SSSR count). The topological polar surface area (TPSA) is 54.9 Å². The Balaban J connectivity index is 1.63. The van der Waals surface area contributed by atoms with E-state index in [1.54, 1.807) is 11.3 Å². The maximum absolute atomic E-state index is 13.3. The third-order valence-corrected chi connectivity index (χ3v) is 6.24. The van der Waals surface area contributed by atoms with Crippen molar-refractivity contribution < 1.29 is 14.3 Å². The molecular weight excluding hydrogens is 386 g/mol. The summed E-state index contributed by atoms with van der Waals surface area (Å²) in [6, 6.07) is 9.86. The van der Waals surface area contributed by atoms with Crippen LogP contribution in [0, 0.1) is 13.8 Å². The van der Waals surface area contributed by atoms with Crippen LogP contribution in [0.3, 0.4) is 0 Å². The molecule has 6 nitrogen and oxygen atoms in total. The number of aryl methyl sites for hydroxylation is 2. The minimum atomic E-state index is 0.0278. The molecule has 3 aromatic rings. The number of nitrogens with zero attached hydrogens (tertiary/aromatic N) is 3. The maximum atomic E-state index is 13.3. The fraction of sp³-hybridized carbons (Fsp3) is 0.364. The Morgan fingerprint density at radius 3 is 2.59 bits per heavy atom. The SMILES string of the molecule is Cc1ccc(C)c2sc(N(CCN(C)C)C(=O)Cc3ccc4c(c3)OCO4)nc12. The van der Waals surface area contributed by atoms with Crippen LogP contribution in [0.4, 0.5) is 5.13 Å². The number of rotatable bonds is 6. The fourth-order valence-corrected chi connectivity index (χ4v) is 4.47. The molecule has 0 radical (unpaired) electrons. The summed E-state index contributed by atoms with van der Waals surface area (Å²) in [6.07, 6.45) is 0.290. The number of carbonyl (C=O) groups is 1. The highest BCUT2D eigenvalue weighted by Gasteiger charge is 2.22. The quantitative estimate of drug-likeness (QED) is 0.618. The van der Waals surface area contributed by atoms with Crippen molar-refractivity contribution in [2.45, 2.75) is 20.3 Å². The minimum absolute atomic E-state index is 0.0278. The first-order valence-electron chi connectivity index (χ1n) is 9.63. The van der Waals surface area contributed by atoms with E-state index in [9.17, 15) is 4.79 Å². The summed E-state index contributed by atoms with van der Waals surface area (Å²) < 4.78 is 12.0. The zero-order valence-electron chi connectivity index (χ0n) is 17.2. The molecule has 0 saturated heterocycles. The van der Waals surface area contributed by atoms with Crippen molar-refractivity contribution >= 4 is 32.6 Å². The molecule has 1 aliphatic rings. The van der Waals surface area contributed by atoms with Crippen LogP contribution in [0.2, 0.25) is 0 Å². The van der Waals surface area contributed by atoms with Crippen LogP contribution in [0.25, 0.3) is 10.2 Å². The average molecular weight is 412 g/mol. The van der Waals surface area contributed by atoms with Gasteiger partial charge < -0.3 is 14.4 Å². The van der Waals surface area contributed by atoms with Crippen LogP contribution in [-0.4, -0.2) is 49.8 Å². The minimum Gasteiger partial charge on any atom is -0.454 e. The number of amides is 1. The number of carbonyl (C=O) groups excluding carboxylic acids is 1. The Kier molecular flexibility index (Phi) is 5.43. The van der Waals surface area contributed by atoms with Crippen molar-refractivity contribution in [1.29, 1.82) is 0 Å². The van der Waals surface area contributed by atoms with Crippen molar-refractivity contribution in [3.63, 3.8) is 0 Å². The Morgan fingerprint density at radius 1 is 1.07 bits per heavy atom. The first-order chi connectivity index (χ1) is 13.9. The molecule has 1 aliphatic heterocycles. The van der Waals surface area contributed by atoms with Crippen molar-refractivity contribution in [3.05, 3.63) is 47.0 Å². The Bertz CT molecular complexity index is 1020. The summed E-state index contributed by atoms with van der Waals surface area (Å²) in [5.41, 5.74) is 4.20. The van der Waals surface area contributed by atoms with Crippen molar-refractivity contribution in [3.8, 4) is 11.5 Å². The van der Waals surface area contributed by atoms with Crippen molar-refractivity contribution in [2.75, 3.05) is 38.9 Å². The highest BCUT2D eigenvalue weighted by molar-refractivity contribution is 7.22. The van der Waals surface area contributed by atoms with E-state index in [1.807, 2.05) is 37.2 Å². The second-order valence-electron chi connectivity index (χ2n) is 7.59. The first-order valence-corrected chi connectivity index (χ1v) is 10.4. The molecule has 2 heterocycles. The van der Waals surface area contributed by atoms with E-state index in [-0.39, 0.29) is 19.1 Å². The number of hydrogen-bond acceptors (Lipinski definition) is 6. The number of ether oxygens (including phenoxy) is 2. The number of benzene rings is 2. The van der Waals surface area contributed by atoms with Gasteiger partial charge in [0.1, 0.15) is 0 Å². The van der Waals surface area contributed by atoms with E-state index in [0.717, 1.165) is 38.8 Å². The smallest absolute Gasteiger partial charge is 0.233 e. The lowest BCUT2D eigenvalue weighted by atomic mass is 10.1. The lowest BCUT2D eigenvalue weighted by molar-refractivity contribution is -0.118. The molecule has 2 aromatic carbocycles. The molecule has 0 atom stereocenters. The van der Waals surface area contributed by atoms with Crippen LogP contribution in [0.1, 0.15) is 16.7 Å². The van der Waals surface area contributed by atoms with Crippen LogP contribution >= 0.6 is 11.3 Å². The molecule has 0 bridgehead atoms. The van der Waals surface area contributed by atoms with E-state index < -0.39 is 0 Å². The van der Waals surface area contributed by atoms with Gasteiger partial charge in [-0.25, -0.2) is 4.98 Å². The van der Waals surface area contributed by atoms with Gasteiger partial charge in [0.25, 0.3) is 0 Å². The first kappa shape index (κ1) is 19.7. The molecular formula is C22H25N3O3S. The van der Waals surface area contributed by atoms with Crippen molar-refractivity contribution in [2.24, 2.45) is 0 Å². The number of hydrogen-bond donors (Lipinski definition) is 0. The second kappa shape index (κ2) is 8.00. The molecule has 0 N–H and O–H groups in total. The maximum Gasteiger partial charge on any atom is 0.233 e. The van der Waals surface area contributed by atoms with Gasteiger partial charge in [-0.15, -0.1) is 0 Å². The zero-order valence-corrected chi connectivity index (χ0v) is 18.0. The van der Waals surface area contributed by atoms with Crippen LogP contribution in [-0.2, 0) is 11.2 Å². The van der Waals surface area contributed by atoms with Gasteiger partial charge in [0, 0.05) is 13.1 Å². The van der Waals surface area contributed by atoms with E-state index in [4.69, 9.17) is 14.5 Å². The van der Waals surface area contributed by atoms with Crippen molar-refractivity contribution in [1.82, 2.24) is 9.88 Å².